The van der Waals surface area contributed by atoms with Gasteiger partial charge in [-0.1, -0.05) is 18.2 Å². The highest BCUT2D eigenvalue weighted by molar-refractivity contribution is 5.91. The molecule has 0 atom stereocenters. The second-order valence-electron chi connectivity index (χ2n) is 7.25. The van der Waals surface area contributed by atoms with Gasteiger partial charge in [0.15, 0.2) is 0 Å². The van der Waals surface area contributed by atoms with Crippen LogP contribution in [0.15, 0.2) is 36.5 Å². The monoisotopic (exact) mass is 348 g/mol. The fraction of sp³-hybridized carbons (Fsp3) is 0.450. The van der Waals surface area contributed by atoms with Crippen LogP contribution in [0.3, 0.4) is 0 Å². The summed E-state index contributed by atoms with van der Waals surface area (Å²) in [6.45, 7) is 6.18. The summed E-state index contributed by atoms with van der Waals surface area (Å²) in [4.78, 5) is 9.48. The number of rotatable bonds is 3. The third-order valence-corrected chi connectivity index (χ3v) is 5.64. The zero-order valence-electron chi connectivity index (χ0n) is 15.0. The van der Waals surface area contributed by atoms with E-state index in [1.807, 2.05) is 6.20 Å². The standard InChI is InChI=1S/C20H24N6/c1-2-6-17-16(5-1)18(8-9-21-17)25-13-11-24(12-14-25)15-20-23-22-19-7-3-4-10-26(19)20/h1-2,5-6,8-9H,3-4,7,10-15H2. The summed E-state index contributed by atoms with van der Waals surface area (Å²) < 4.78 is 2.34. The minimum atomic E-state index is 0.915. The summed E-state index contributed by atoms with van der Waals surface area (Å²) in [5.41, 5.74) is 2.37. The number of anilines is 1. The highest BCUT2D eigenvalue weighted by Gasteiger charge is 2.22. The van der Waals surface area contributed by atoms with Gasteiger partial charge in [0, 0.05) is 56.4 Å². The molecule has 134 valence electrons. The van der Waals surface area contributed by atoms with Crippen molar-refractivity contribution >= 4 is 16.6 Å². The van der Waals surface area contributed by atoms with Gasteiger partial charge in [-0.25, -0.2) is 0 Å². The number of piperazine rings is 1. The summed E-state index contributed by atoms with van der Waals surface area (Å²) in [6, 6.07) is 10.6. The Hall–Kier alpha value is -2.47. The Morgan fingerprint density at radius 1 is 0.885 bits per heavy atom. The van der Waals surface area contributed by atoms with Gasteiger partial charge in [0.05, 0.1) is 12.1 Å². The molecule has 1 aromatic carbocycles. The van der Waals surface area contributed by atoms with E-state index in [0.29, 0.717) is 0 Å². The lowest BCUT2D eigenvalue weighted by molar-refractivity contribution is 0.239. The van der Waals surface area contributed by atoms with Gasteiger partial charge < -0.3 is 9.47 Å². The summed E-state index contributed by atoms with van der Waals surface area (Å²) in [5.74, 6) is 2.32. The molecule has 3 aromatic rings. The van der Waals surface area contributed by atoms with E-state index in [1.54, 1.807) is 0 Å². The van der Waals surface area contributed by atoms with E-state index < -0.39 is 0 Å². The number of nitrogens with zero attached hydrogens (tertiary/aromatic N) is 6. The molecule has 0 N–H and O–H groups in total. The van der Waals surface area contributed by atoms with Crippen LogP contribution < -0.4 is 4.90 Å². The molecule has 0 saturated carbocycles. The molecule has 6 heteroatoms. The third kappa shape index (κ3) is 2.84. The van der Waals surface area contributed by atoms with Crippen LogP contribution in [0.5, 0.6) is 0 Å². The Morgan fingerprint density at radius 2 is 1.77 bits per heavy atom. The SMILES string of the molecule is c1ccc2c(N3CCN(Cc4nnc5n4CCCC5)CC3)ccnc2c1. The van der Waals surface area contributed by atoms with Crippen molar-refractivity contribution in [3.05, 3.63) is 48.2 Å². The van der Waals surface area contributed by atoms with Crippen LogP contribution in [-0.2, 0) is 19.5 Å². The van der Waals surface area contributed by atoms with E-state index in [-0.39, 0.29) is 0 Å². The fourth-order valence-corrected chi connectivity index (χ4v) is 4.19. The van der Waals surface area contributed by atoms with Crippen LogP contribution in [0, 0.1) is 0 Å². The molecule has 2 aromatic heterocycles. The number of para-hydroxylation sites is 1. The minimum Gasteiger partial charge on any atom is -0.368 e. The van der Waals surface area contributed by atoms with Crippen molar-refractivity contribution in [3.8, 4) is 0 Å². The number of fused-ring (bicyclic) bond motifs is 2. The van der Waals surface area contributed by atoms with Crippen LogP contribution >= 0.6 is 0 Å². The maximum atomic E-state index is 4.49. The van der Waals surface area contributed by atoms with Crippen molar-refractivity contribution in [2.75, 3.05) is 31.1 Å². The van der Waals surface area contributed by atoms with Crippen molar-refractivity contribution in [2.24, 2.45) is 0 Å². The highest BCUT2D eigenvalue weighted by Crippen LogP contribution is 2.26. The largest absolute Gasteiger partial charge is 0.368 e. The topological polar surface area (TPSA) is 50.1 Å². The number of hydrogen-bond donors (Lipinski definition) is 0. The summed E-state index contributed by atoms with van der Waals surface area (Å²) in [5, 5.41) is 10.1. The van der Waals surface area contributed by atoms with E-state index in [0.717, 1.165) is 57.0 Å². The molecule has 0 aliphatic carbocycles. The molecule has 4 heterocycles. The molecule has 6 nitrogen and oxygen atoms in total. The number of hydrogen-bond acceptors (Lipinski definition) is 5. The molecule has 0 radical (unpaired) electrons. The Bertz CT molecular complexity index is 904. The second kappa shape index (κ2) is 6.68. The van der Waals surface area contributed by atoms with Crippen molar-refractivity contribution in [1.82, 2.24) is 24.6 Å². The number of benzene rings is 1. The molecule has 0 spiro atoms. The van der Waals surface area contributed by atoms with Gasteiger partial charge in [-0.15, -0.1) is 10.2 Å². The van der Waals surface area contributed by atoms with Crippen molar-refractivity contribution in [3.63, 3.8) is 0 Å². The van der Waals surface area contributed by atoms with Gasteiger partial charge >= 0.3 is 0 Å². The molecule has 2 aliphatic rings. The molecule has 0 unspecified atom stereocenters. The van der Waals surface area contributed by atoms with Crippen LogP contribution in [0.2, 0.25) is 0 Å². The molecule has 1 fully saturated rings. The number of pyridine rings is 1. The second-order valence-corrected chi connectivity index (χ2v) is 7.25. The predicted molar refractivity (Wildman–Crippen MR) is 102 cm³/mol. The van der Waals surface area contributed by atoms with Crippen molar-refractivity contribution < 1.29 is 0 Å². The highest BCUT2D eigenvalue weighted by atomic mass is 15.3. The van der Waals surface area contributed by atoms with Gasteiger partial charge in [0.2, 0.25) is 0 Å². The summed E-state index contributed by atoms with van der Waals surface area (Å²) in [6.07, 6.45) is 5.50. The van der Waals surface area contributed by atoms with Crippen LogP contribution in [0.1, 0.15) is 24.5 Å². The lowest BCUT2D eigenvalue weighted by atomic mass is 10.1. The first-order valence-corrected chi connectivity index (χ1v) is 9.60. The van der Waals surface area contributed by atoms with Crippen molar-refractivity contribution in [2.45, 2.75) is 32.4 Å². The van der Waals surface area contributed by atoms with E-state index >= 15 is 0 Å². The van der Waals surface area contributed by atoms with Gasteiger partial charge in [0.1, 0.15) is 11.6 Å². The van der Waals surface area contributed by atoms with Crippen LogP contribution in [-0.4, -0.2) is 50.8 Å². The first kappa shape index (κ1) is 15.8. The third-order valence-electron chi connectivity index (χ3n) is 5.64. The van der Waals surface area contributed by atoms with E-state index in [9.17, 15) is 0 Å². The molecule has 1 saturated heterocycles. The Labute approximate surface area is 153 Å². The molecular formula is C20H24N6. The number of aromatic nitrogens is 4. The Balaban J connectivity index is 1.28. The van der Waals surface area contributed by atoms with Gasteiger partial charge in [0.25, 0.3) is 0 Å². The average molecular weight is 348 g/mol. The lowest BCUT2D eigenvalue weighted by Gasteiger charge is -2.36. The first-order chi connectivity index (χ1) is 12.9. The molecule has 0 amide bonds. The maximum Gasteiger partial charge on any atom is 0.147 e. The summed E-state index contributed by atoms with van der Waals surface area (Å²) >= 11 is 0. The lowest BCUT2D eigenvalue weighted by Crippen LogP contribution is -2.46. The smallest absolute Gasteiger partial charge is 0.147 e. The Kier molecular flexibility index (Phi) is 4.05. The number of aryl methyl sites for hydroxylation is 1. The van der Waals surface area contributed by atoms with Crippen LogP contribution in [0.25, 0.3) is 10.9 Å². The summed E-state index contributed by atoms with van der Waals surface area (Å²) in [7, 11) is 0. The van der Waals surface area contributed by atoms with Crippen molar-refractivity contribution in [1.29, 1.82) is 0 Å². The molecule has 5 rings (SSSR count). The normalized spacial score (nSPS) is 18.2. The first-order valence-electron chi connectivity index (χ1n) is 9.60. The Morgan fingerprint density at radius 3 is 2.69 bits per heavy atom. The van der Waals surface area contributed by atoms with E-state index in [2.05, 4.69) is 59.9 Å². The fourth-order valence-electron chi connectivity index (χ4n) is 4.19. The predicted octanol–water partition coefficient (Wildman–Crippen LogP) is 2.48. The molecule has 2 aliphatic heterocycles. The van der Waals surface area contributed by atoms with Gasteiger partial charge in [-0.05, 0) is 25.0 Å². The zero-order valence-corrected chi connectivity index (χ0v) is 15.0. The van der Waals surface area contributed by atoms with Gasteiger partial charge in [-0.3, -0.25) is 9.88 Å². The van der Waals surface area contributed by atoms with E-state index in [1.165, 1.54) is 29.7 Å². The quantitative estimate of drug-likeness (QED) is 0.728. The molecule has 0 bridgehead atoms. The zero-order chi connectivity index (χ0) is 17.3. The van der Waals surface area contributed by atoms with E-state index in [4.69, 9.17) is 0 Å². The van der Waals surface area contributed by atoms with Crippen LogP contribution in [0.4, 0.5) is 5.69 Å². The van der Waals surface area contributed by atoms with Gasteiger partial charge in [-0.2, -0.15) is 0 Å². The minimum absolute atomic E-state index is 0.915. The molecule has 26 heavy (non-hydrogen) atoms. The average Bonchev–Trinajstić information content (AvgIpc) is 3.11. The molecular weight excluding hydrogens is 324 g/mol. The maximum absolute atomic E-state index is 4.49.